The van der Waals surface area contributed by atoms with Crippen molar-refractivity contribution in [1.29, 1.82) is 0 Å². The molecular weight excluding hydrogens is 439 g/mol. The summed E-state index contributed by atoms with van der Waals surface area (Å²) in [6.45, 7) is 1.70. The molecule has 7 nitrogen and oxygen atoms in total. The van der Waals surface area contributed by atoms with Crippen LogP contribution in [0.5, 0.6) is 11.5 Å². The lowest BCUT2D eigenvalue weighted by Crippen LogP contribution is -2.13. The number of nitro benzene ring substituents is 1. The highest BCUT2D eigenvalue weighted by molar-refractivity contribution is 7.92. The number of nitro groups is 1. The second-order valence-corrected chi connectivity index (χ2v) is 8.43. The number of sulfonamides is 1. The van der Waals surface area contributed by atoms with E-state index in [-0.39, 0.29) is 27.1 Å². The minimum atomic E-state index is -3.87. The number of nitrogens with zero attached hydrogens (tertiary/aromatic N) is 1. The maximum Gasteiger partial charge on any atom is 0.313 e. The molecule has 0 aromatic heterocycles. The lowest BCUT2D eigenvalue weighted by atomic mass is 10.2. The van der Waals surface area contributed by atoms with Gasteiger partial charge < -0.3 is 4.74 Å². The van der Waals surface area contributed by atoms with Gasteiger partial charge in [0.05, 0.1) is 20.5 Å². The van der Waals surface area contributed by atoms with Gasteiger partial charge in [-0.05, 0) is 55.0 Å². The molecule has 0 aliphatic carbocycles. The van der Waals surface area contributed by atoms with Crippen molar-refractivity contribution in [3.8, 4) is 11.5 Å². The van der Waals surface area contributed by atoms with Crippen molar-refractivity contribution in [2.75, 3.05) is 4.72 Å². The third kappa shape index (κ3) is 4.61. The number of rotatable bonds is 6. The number of anilines is 1. The zero-order valence-corrected chi connectivity index (χ0v) is 17.3. The van der Waals surface area contributed by atoms with Gasteiger partial charge in [-0.3, -0.25) is 14.8 Å². The van der Waals surface area contributed by atoms with Crippen LogP contribution in [0.3, 0.4) is 0 Å². The molecule has 3 aromatic rings. The van der Waals surface area contributed by atoms with Crippen LogP contribution in [0.25, 0.3) is 0 Å². The first-order valence-corrected chi connectivity index (χ1v) is 10.4. The molecule has 150 valence electrons. The maximum atomic E-state index is 12.6. The molecule has 0 unspecified atom stereocenters. The quantitative estimate of drug-likeness (QED) is 0.376. The smallest absolute Gasteiger partial charge is 0.313 e. The normalized spacial score (nSPS) is 11.1. The largest absolute Gasteiger partial charge is 0.449 e. The molecule has 3 aromatic carbocycles. The van der Waals surface area contributed by atoms with E-state index in [2.05, 4.69) is 4.72 Å². The van der Waals surface area contributed by atoms with E-state index in [0.29, 0.717) is 16.3 Å². The van der Waals surface area contributed by atoms with Crippen LogP contribution in [0, 0.1) is 17.0 Å². The third-order valence-electron chi connectivity index (χ3n) is 4.01. The summed E-state index contributed by atoms with van der Waals surface area (Å²) >= 11 is 12.0. The Bertz CT molecular complexity index is 1180. The Morgan fingerprint density at radius 1 is 0.966 bits per heavy atom. The van der Waals surface area contributed by atoms with Crippen LogP contribution < -0.4 is 9.46 Å². The minimum absolute atomic E-state index is 0.0158. The van der Waals surface area contributed by atoms with Crippen molar-refractivity contribution in [2.24, 2.45) is 0 Å². The fourth-order valence-electron chi connectivity index (χ4n) is 2.47. The van der Waals surface area contributed by atoms with Gasteiger partial charge in [0, 0.05) is 11.1 Å². The Labute approximate surface area is 177 Å². The number of nitrogens with one attached hydrogen (secondary N) is 1. The predicted octanol–water partition coefficient (Wildman–Crippen LogP) is 5.80. The Morgan fingerprint density at radius 3 is 2.24 bits per heavy atom. The van der Waals surface area contributed by atoms with Crippen molar-refractivity contribution < 1.29 is 18.1 Å². The van der Waals surface area contributed by atoms with Crippen LogP contribution in [0.15, 0.2) is 65.6 Å². The summed E-state index contributed by atoms with van der Waals surface area (Å²) in [4.78, 5) is 10.5. The van der Waals surface area contributed by atoms with Gasteiger partial charge in [0.15, 0.2) is 0 Å². The van der Waals surface area contributed by atoms with Gasteiger partial charge in [0.1, 0.15) is 5.75 Å². The van der Waals surface area contributed by atoms with Gasteiger partial charge in [-0.25, -0.2) is 8.42 Å². The van der Waals surface area contributed by atoms with Gasteiger partial charge in [-0.1, -0.05) is 35.3 Å². The Hall–Kier alpha value is -2.81. The minimum Gasteiger partial charge on any atom is -0.449 e. The van der Waals surface area contributed by atoms with E-state index in [0.717, 1.165) is 0 Å². The molecule has 0 atom stereocenters. The molecule has 0 aliphatic rings. The van der Waals surface area contributed by atoms with Crippen LogP contribution in [0.4, 0.5) is 11.4 Å². The molecule has 3 rings (SSSR count). The number of halogens is 2. The molecule has 0 saturated carbocycles. The summed E-state index contributed by atoms with van der Waals surface area (Å²) in [5.74, 6) is 0.0709. The molecule has 1 N–H and O–H groups in total. The first-order valence-electron chi connectivity index (χ1n) is 8.18. The summed E-state index contributed by atoms with van der Waals surface area (Å²) in [7, 11) is -3.87. The van der Waals surface area contributed by atoms with Crippen LogP contribution >= 0.6 is 23.2 Å². The highest BCUT2D eigenvalue weighted by atomic mass is 35.5. The highest BCUT2D eigenvalue weighted by Gasteiger charge is 2.20. The molecule has 29 heavy (non-hydrogen) atoms. The number of benzene rings is 3. The average Bonchev–Trinajstić information content (AvgIpc) is 2.67. The summed E-state index contributed by atoms with van der Waals surface area (Å²) in [5, 5.41) is 11.6. The second kappa shape index (κ2) is 8.28. The summed E-state index contributed by atoms with van der Waals surface area (Å²) in [6.07, 6.45) is 0. The molecule has 10 heteroatoms. The molecule has 0 spiro atoms. The predicted molar refractivity (Wildman–Crippen MR) is 112 cm³/mol. The number of hydrogen-bond acceptors (Lipinski definition) is 5. The first-order chi connectivity index (χ1) is 13.7. The van der Waals surface area contributed by atoms with Crippen molar-refractivity contribution in [2.45, 2.75) is 11.8 Å². The summed E-state index contributed by atoms with van der Waals surface area (Å²) in [6, 6.07) is 14.5. The molecule has 0 fully saturated rings. The SMILES string of the molecule is Cc1c(Cl)cccc1NS(=O)(=O)c1ccc(Oc2c(Cl)cccc2[N+](=O)[O-])cc1. The van der Waals surface area contributed by atoms with E-state index in [9.17, 15) is 18.5 Å². The molecule has 0 saturated heterocycles. The molecule has 0 aliphatic heterocycles. The van der Waals surface area contributed by atoms with E-state index in [1.807, 2.05) is 0 Å². The second-order valence-electron chi connectivity index (χ2n) is 5.94. The maximum absolute atomic E-state index is 12.6. The van der Waals surface area contributed by atoms with E-state index >= 15 is 0 Å². The highest BCUT2D eigenvalue weighted by Crippen LogP contribution is 2.38. The lowest BCUT2D eigenvalue weighted by Gasteiger charge is -2.12. The first kappa shape index (κ1) is 20.9. The fourth-order valence-corrected chi connectivity index (χ4v) is 3.97. The van der Waals surface area contributed by atoms with E-state index < -0.39 is 14.9 Å². The van der Waals surface area contributed by atoms with Crippen LogP contribution in [-0.4, -0.2) is 13.3 Å². The van der Waals surface area contributed by atoms with Crippen molar-refractivity contribution in [3.63, 3.8) is 0 Å². The van der Waals surface area contributed by atoms with Gasteiger partial charge in [-0.15, -0.1) is 0 Å². The van der Waals surface area contributed by atoms with Crippen LogP contribution in [0.1, 0.15) is 5.56 Å². The van der Waals surface area contributed by atoms with Gasteiger partial charge in [0.25, 0.3) is 10.0 Å². The van der Waals surface area contributed by atoms with Gasteiger partial charge in [0.2, 0.25) is 5.75 Å². The zero-order chi connectivity index (χ0) is 21.2. The average molecular weight is 453 g/mol. The monoisotopic (exact) mass is 452 g/mol. The standard InChI is InChI=1S/C19H14Cl2N2O5S/c1-12-15(20)4-2-6-17(12)22-29(26,27)14-10-8-13(9-11-14)28-19-16(21)5-3-7-18(19)23(24)25/h2-11,22H,1H3. The van der Waals surface area contributed by atoms with E-state index in [1.165, 1.54) is 42.5 Å². The van der Waals surface area contributed by atoms with Crippen molar-refractivity contribution >= 4 is 44.6 Å². The van der Waals surface area contributed by atoms with E-state index in [4.69, 9.17) is 27.9 Å². The van der Waals surface area contributed by atoms with E-state index in [1.54, 1.807) is 25.1 Å². The summed E-state index contributed by atoms with van der Waals surface area (Å²) in [5.41, 5.74) is 0.667. The Balaban J connectivity index is 1.85. The molecule has 0 radical (unpaired) electrons. The van der Waals surface area contributed by atoms with Crippen molar-refractivity contribution in [1.82, 2.24) is 0 Å². The Morgan fingerprint density at radius 2 is 1.59 bits per heavy atom. The fraction of sp³-hybridized carbons (Fsp3) is 0.0526. The molecular formula is C19H14Cl2N2O5S. The third-order valence-corrected chi connectivity index (χ3v) is 6.10. The number of hydrogen-bond donors (Lipinski definition) is 1. The van der Waals surface area contributed by atoms with Crippen LogP contribution in [-0.2, 0) is 10.0 Å². The molecule has 0 amide bonds. The molecule has 0 heterocycles. The van der Waals surface area contributed by atoms with Gasteiger partial charge >= 0.3 is 5.69 Å². The topological polar surface area (TPSA) is 98.5 Å². The van der Waals surface area contributed by atoms with Gasteiger partial charge in [-0.2, -0.15) is 0 Å². The molecule has 0 bridgehead atoms. The number of ether oxygens (including phenoxy) is 1. The van der Waals surface area contributed by atoms with Crippen LogP contribution in [0.2, 0.25) is 10.0 Å². The van der Waals surface area contributed by atoms with Crippen molar-refractivity contribution in [3.05, 3.63) is 86.4 Å². The lowest BCUT2D eigenvalue weighted by molar-refractivity contribution is -0.385. The zero-order valence-electron chi connectivity index (χ0n) is 14.9. The Kier molecular flexibility index (Phi) is 5.97. The summed E-state index contributed by atoms with van der Waals surface area (Å²) < 4.78 is 33.3. The number of para-hydroxylation sites is 1.